The molecule has 0 aromatic heterocycles. The van der Waals surface area contributed by atoms with Crippen LogP contribution in [0.15, 0.2) is 42.0 Å². The van der Waals surface area contributed by atoms with Gasteiger partial charge >= 0.3 is 0 Å². The highest BCUT2D eigenvalue weighted by Gasteiger charge is 2.21. The van der Waals surface area contributed by atoms with Crippen molar-refractivity contribution >= 4 is 5.91 Å². The summed E-state index contributed by atoms with van der Waals surface area (Å²) in [4.78, 5) is 14.1. The van der Waals surface area contributed by atoms with Gasteiger partial charge in [-0.05, 0) is 31.7 Å². The first-order valence-electron chi connectivity index (χ1n) is 6.91. The normalized spacial score (nSPS) is 16.9. The van der Waals surface area contributed by atoms with E-state index in [0.717, 1.165) is 19.4 Å². The van der Waals surface area contributed by atoms with Gasteiger partial charge in [-0.2, -0.15) is 0 Å². The van der Waals surface area contributed by atoms with E-state index >= 15 is 0 Å². The molecule has 0 unspecified atom stereocenters. The summed E-state index contributed by atoms with van der Waals surface area (Å²) in [5, 5.41) is 0. The standard InChI is InChI=1S/C16H22N2O/c1-13-9-11-18(12-10-13)16(19)15(17)8-7-14-5-3-2-4-6-14/h2-6,9,15H,7-8,10-12,17H2,1H3/t15-/m0/s1. The third-order valence-electron chi connectivity index (χ3n) is 3.65. The Morgan fingerprint density at radius 1 is 1.37 bits per heavy atom. The van der Waals surface area contributed by atoms with Gasteiger partial charge in [0.05, 0.1) is 6.04 Å². The first-order chi connectivity index (χ1) is 9.16. The van der Waals surface area contributed by atoms with Crippen LogP contribution in [-0.2, 0) is 11.2 Å². The maximum Gasteiger partial charge on any atom is 0.239 e. The van der Waals surface area contributed by atoms with Crippen LogP contribution >= 0.6 is 0 Å². The molecule has 19 heavy (non-hydrogen) atoms. The Hall–Kier alpha value is -1.61. The molecule has 1 amide bonds. The molecule has 0 aliphatic carbocycles. The number of rotatable bonds is 4. The predicted molar refractivity (Wildman–Crippen MR) is 77.7 cm³/mol. The number of hydrogen-bond donors (Lipinski definition) is 1. The van der Waals surface area contributed by atoms with E-state index in [0.29, 0.717) is 13.0 Å². The van der Waals surface area contributed by atoms with E-state index in [-0.39, 0.29) is 11.9 Å². The highest BCUT2D eigenvalue weighted by molar-refractivity contribution is 5.82. The molecular weight excluding hydrogens is 236 g/mol. The van der Waals surface area contributed by atoms with E-state index in [4.69, 9.17) is 5.73 Å². The summed E-state index contributed by atoms with van der Waals surface area (Å²) >= 11 is 0. The van der Waals surface area contributed by atoms with Gasteiger partial charge in [-0.3, -0.25) is 4.79 Å². The number of aryl methyl sites for hydroxylation is 1. The van der Waals surface area contributed by atoms with Crippen molar-refractivity contribution in [2.45, 2.75) is 32.2 Å². The summed E-state index contributed by atoms with van der Waals surface area (Å²) in [6.45, 7) is 3.63. The van der Waals surface area contributed by atoms with Crippen molar-refractivity contribution in [3.05, 3.63) is 47.5 Å². The van der Waals surface area contributed by atoms with Gasteiger partial charge < -0.3 is 10.6 Å². The Kier molecular flexibility index (Phi) is 4.74. The molecule has 3 nitrogen and oxygen atoms in total. The molecule has 0 radical (unpaired) electrons. The molecule has 1 atom stereocenters. The number of benzene rings is 1. The van der Waals surface area contributed by atoms with Crippen LogP contribution in [0.5, 0.6) is 0 Å². The number of nitrogens with two attached hydrogens (primary N) is 1. The Labute approximate surface area is 115 Å². The summed E-state index contributed by atoms with van der Waals surface area (Å²) in [7, 11) is 0. The monoisotopic (exact) mass is 258 g/mol. The minimum atomic E-state index is -0.382. The maximum atomic E-state index is 12.2. The van der Waals surface area contributed by atoms with Crippen LogP contribution in [0, 0.1) is 0 Å². The fraction of sp³-hybridized carbons (Fsp3) is 0.438. The molecule has 1 aromatic rings. The third-order valence-corrected chi connectivity index (χ3v) is 3.65. The molecule has 2 rings (SSSR count). The molecular formula is C16H22N2O. The van der Waals surface area contributed by atoms with E-state index < -0.39 is 0 Å². The Morgan fingerprint density at radius 2 is 2.11 bits per heavy atom. The maximum absolute atomic E-state index is 12.2. The van der Waals surface area contributed by atoms with Gasteiger partial charge in [-0.15, -0.1) is 0 Å². The second-order valence-electron chi connectivity index (χ2n) is 5.22. The molecule has 0 saturated carbocycles. The van der Waals surface area contributed by atoms with E-state index in [1.165, 1.54) is 11.1 Å². The van der Waals surface area contributed by atoms with Gasteiger partial charge in [0.2, 0.25) is 5.91 Å². The summed E-state index contributed by atoms with van der Waals surface area (Å²) in [5.41, 5.74) is 8.62. The number of hydrogen-bond acceptors (Lipinski definition) is 2. The van der Waals surface area contributed by atoms with Gasteiger partial charge in [0, 0.05) is 13.1 Å². The first kappa shape index (κ1) is 13.8. The van der Waals surface area contributed by atoms with Crippen LogP contribution in [-0.4, -0.2) is 29.9 Å². The van der Waals surface area contributed by atoms with Crippen LogP contribution in [0.4, 0.5) is 0 Å². The van der Waals surface area contributed by atoms with Gasteiger partial charge in [-0.1, -0.05) is 42.0 Å². The topological polar surface area (TPSA) is 46.3 Å². The highest BCUT2D eigenvalue weighted by atomic mass is 16.2. The summed E-state index contributed by atoms with van der Waals surface area (Å²) in [6.07, 6.45) is 4.65. The zero-order valence-corrected chi connectivity index (χ0v) is 11.5. The van der Waals surface area contributed by atoms with E-state index in [1.54, 1.807) is 0 Å². The average molecular weight is 258 g/mol. The van der Waals surface area contributed by atoms with E-state index in [2.05, 4.69) is 25.1 Å². The van der Waals surface area contributed by atoms with Crippen LogP contribution in [0.2, 0.25) is 0 Å². The SMILES string of the molecule is CC1=CCN(C(=O)[C@@H](N)CCc2ccccc2)CC1. The number of nitrogens with zero attached hydrogens (tertiary/aromatic N) is 1. The smallest absolute Gasteiger partial charge is 0.239 e. The summed E-state index contributed by atoms with van der Waals surface area (Å²) in [6, 6.07) is 9.79. The van der Waals surface area contributed by atoms with Crippen molar-refractivity contribution in [3.8, 4) is 0 Å². The molecule has 2 N–H and O–H groups in total. The minimum absolute atomic E-state index is 0.0830. The molecule has 1 heterocycles. The molecule has 0 saturated heterocycles. The van der Waals surface area contributed by atoms with Gasteiger partial charge in [0.15, 0.2) is 0 Å². The lowest BCUT2D eigenvalue weighted by Gasteiger charge is -2.28. The lowest BCUT2D eigenvalue weighted by atomic mass is 10.0. The molecule has 1 aliphatic rings. The second kappa shape index (κ2) is 6.53. The van der Waals surface area contributed by atoms with Crippen LogP contribution in [0.25, 0.3) is 0 Å². The minimum Gasteiger partial charge on any atom is -0.337 e. The molecule has 102 valence electrons. The average Bonchev–Trinajstić information content (AvgIpc) is 2.46. The number of carbonyl (C=O) groups excluding carboxylic acids is 1. The highest BCUT2D eigenvalue weighted by Crippen LogP contribution is 2.12. The van der Waals surface area contributed by atoms with Crippen molar-refractivity contribution in [2.24, 2.45) is 5.73 Å². The molecule has 0 bridgehead atoms. The summed E-state index contributed by atoms with van der Waals surface area (Å²) < 4.78 is 0. The van der Waals surface area contributed by atoms with Crippen molar-refractivity contribution in [1.29, 1.82) is 0 Å². The largest absolute Gasteiger partial charge is 0.337 e. The van der Waals surface area contributed by atoms with Crippen molar-refractivity contribution in [3.63, 3.8) is 0 Å². The molecule has 0 spiro atoms. The van der Waals surface area contributed by atoms with E-state index in [9.17, 15) is 4.79 Å². The number of amides is 1. The van der Waals surface area contributed by atoms with E-state index in [1.807, 2.05) is 23.1 Å². The van der Waals surface area contributed by atoms with Crippen molar-refractivity contribution < 1.29 is 4.79 Å². The zero-order chi connectivity index (χ0) is 13.7. The van der Waals surface area contributed by atoms with Crippen molar-refractivity contribution in [2.75, 3.05) is 13.1 Å². The van der Waals surface area contributed by atoms with Crippen LogP contribution < -0.4 is 5.73 Å². The Morgan fingerprint density at radius 3 is 2.74 bits per heavy atom. The third kappa shape index (κ3) is 3.93. The fourth-order valence-corrected chi connectivity index (χ4v) is 2.30. The van der Waals surface area contributed by atoms with Gasteiger partial charge in [-0.25, -0.2) is 0 Å². The molecule has 3 heteroatoms. The Balaban J connectivity index is 1.83. The van der Waals surface area contributed by atoms with Crippen LogP contribution in [0.3, 0.4) is 0 Å². The van der Waals surface area contributed by atoms with Crippen molar-refractivity contribution in [1.82, 2.24) is 4.90 Å². The van der Waals surface area contributed by atoms with Gasteiger partial charge in [0.1, 0.15) is 0 Å². The number of carbonyl (C=O) groups is 1. The molecule has 0 fully saturated rings. The lowest BCUT2D eigenvalue weighted by molar-refractivity contribution is -0.132. The first-order valence-corrected chi connectivity index (χ1v) is 6.91. The quantitative estimate of drug-likeness (QED) is 0.841. The predicted octanol–water partition coefficient (Wildman–Crippen LogP) is 2.13. The fourth-order valence-electron chi connectivity index (χ4n) is 2.30. The van der Waals surface area contributed by atoms with Gasteiger partial charge in [0.25, 0.3) is 0 Å². The second-order valence-corrected chi connectivity index (χ2v) is 5.22. The Bertz CT molecular complexity index is 453. The molecule has 1 aliphatic heterocycles. The lowest BCUT2D eigenvalue weighted by Crippen LogP contribution is -2.45. The zero-order valence-electron chi connectivity index (χ0n) is 11.5. The summed E-state index contributed by atoms with van der Waals surface area (Å²) in [5.74, 6) is 0.0830. The van der Waals surface area contributed by atoms with Crippen LogP contribution in [0.1, 0.15) is 25.3 Å². The molecule has 1 aromatic carbocycles.